The molecule has 2 N–H and O–H groups in total. The molecule has 32 heavy (non-hydrogen) atoms. The lowest BCUT2D eigenvalue weighted by molar-refractivity contribution is -0.127. The van der Waals surface area contributed by atoms with Crippen LogP contribution in [0.25, 0.3) is 11.7 Å². The summed E-state index contributed by atoms with van der Waals surface area (Å²) in [7, 11) is 0. The standard InChI is InChI=1S/C23H29N5O4/c1-14(2)13-26-20-15(4-7-17(29)27-11-3-8-23(27)9-10-23)12-24-28(20)22(32)18(21(26)31)19(30)25-16-5-6-16/h4,7,12,14,16,31H,3,5-6,8-11,13H2,1-2H3,(H,25,30)/b7-4+. The van der Waals surface area contributed by atoms with Crippen LogP contribution in [0.2, 0.25) is 0 Å². The summed E-state index contributed by atoms with van der Waals surface area (Å²) in [6, 6.07) is 0.0537. The minimum Gasteiger partial charge on any atom is -0.494 e. The summed E-state index contributed by atoms with van der Waals surface area (Å²) in [5.74, 6) is -0.853. The average Bonchev–Trinajstić information content (AvgIpc) is 3.61. The Morgan fingerprint density at radius 1 is 1.31 bits per heavy atom. The molecule has 2 aliphatic carbocycles. The fraction of sp³-hybridized carbons (Fsp3) is 0.565. The number of likely N-dealkylation sites (tertiary alicyclic amines) is 1. The van der Waals surface area contributed by atoms with E-state index in [0.717, 1.165) is 49.6 Å². The molecule has 9 heteroatoms. The number of nitrogens with zero attached hydrogens (tertiary/aromatic N) is 4. The first-order chi connectivity index (χ1) is 15.3. The maximum Gasteiger partial charge on any atom is 0.291 e. The Balaban J connectivity index is 1.54. The second-order valence-electron chi connectivity index (χ2n) is 9.74. The van der Waals surface area contributed by atoms with E-state index in [0.29, 0.717) is 17.8 Å². The molecule has 1 aliphatic heterocycles. The number of fused-ring (bicyclic) bond motifs is 1. The molecule has 2 amide bonds. The van der Waals surface area contributed by atoms with Crippen molar-refractivity contribution in [3.8, 4) is 5.88 Å². The van der Waals surface area contributed by atoms with Crippen molar-refractivity contribution < 1.29 is 14.7 Å². The Morgan fingerprint density at radius 2 is 2.06 bits per heavy atom. The zero-order valence-corrected chi connectivity index (χ0v) is 18.5. The number of rotatable bonds is 6. The molecule has 0 unspecified atom stereocenters. The number of hydrogen-bond donors (Lipinski definition) is 2. The van der Waals surface area contributed by atoms with Gasteiger partial charge in [-0.3, -0.25) is 19.0 Å². The summed E-state index contributed by atoms with van der Waals surface area (Å²) in [4.78, 5) is 40.5. The highest BCUT2D eigenvalue weighted by molar-refractivity contribution is 5.97. The zero-order chi connectivity index (χ0) is 22.6. The van der Waals surface area contributed by atoms with E-state index in [1.165, 1.54) is 12.3 Å². The van der Waals surface area contributed by atoms with Gasteiger partial charge >= 0.3 is 0 Å². The Morgan fingerprint density at radius 3 is 2.72 bits per heavy atom. The summed E-state index contributed by atoms with van der Waals surface area (Å²) < 4.78 is 2.69. The molecule has 2 aromatic rings. The predicted molar refractivity (Wildman–Crippen MR) is 118 cm³/mol. The van der Waals surface area contributed by atoms with E-state index < -0.39 is 11.5 Å². The third-order valence-electron chi connectivity index (χ3n) is 6.69. The van der Waals surface area contributed by atoms with Crippen LogP contribution < -0.4 is 10.9 Å². The molecule has 3 aliphatic rings. The first-order valence-electron chi connectivity index (χ1n) is 11.4. The molecule has 0 atom stereocenters. The molecular weight excluding hydrogens is 410 g/mol. The van der Waals surface area contributed by atoms with E-state index in [2.05, 4.69) is 10.4 Å². The number of hydrogen-bond acceptors (Lipinski definition) is 5. The molecule has 170 valence electrons. The van der Waals surface area contributed by atoms with Crippen molar-refractivity contribution >= 4 is 23.5 Å². The minimum absolute atomic E-state index is 0.0400. The molecule has 1 spiro atoms. The van der Waals surface area contributed by atoms with E-state index in [4.69, 9.17) is 0 Å². The molecule has 0 aromatic carbocycles. The van der Waals surface area contributed by atoms with Gasteiger partial charge in [0.15, 0.2) is 5.56 Å². The number of carbonyl (C=O) groups is 2. The first kappa shape index (κ1) is 20.8. The van der Waals surface area contributed by atoms with Gasteiger partial charge < -0.3 is 15.3 Å². The molecular formula is C23H29N5O4. The summed E-state index contributed by atoms with van der Waals surface area (Å²) in [5, 5.41) is 17.9. The third kappa shape index (κ3) is 3.49. The van der Waals surface area contributed by atoms with Gasteiger partial charge in [0.1, 0.15) is 5.65 Å². The van der Waals surface area contributed by atoms with Crippen LogP contribution in [0.3, 0.4) is 0 Å². The highest BCUT2D eigenvalue weighted by atomic mass is 16.3. The Kier molecular flexibility index (Phi) is 4.87. The van der Waals surface area contributed by atoms with Crippen LogP contribution >= 0.6 is 0 Å². The molecule has 3 fully saturated rings. The molecule has 5 rings (SSSR count). The van der Waals surface area contributed by atoms with E-state index >= 15 is 0 Å². The van der Waals surface area contributed by atoms with Crippen molar-refractivity contribution in [3.63, 3.8) is 0 Å². The van der Waals surface area contributed by atoms with Gasteiger partial charge in [-0.25, -0.2) is 0 Å². The van der Waals surface area contributed by atoms with Crippen LogP contribution in [0, 0.1) is 5.92 Å². The maximum absolute atomic E-state index is 13.1. The van der Waals surface area contributed by atoms with Gasteiger partial charge in [0.05, 0.1) is 6.20 Å². The van der Waals surface area contributed by atoms with Crippen molar-refractivity contribution in [2.75, 3.05) is 6.54 Å². The highest BCUT2D eigenvalue weighted by Crippen LogP contribution is 2.49. The number of aromatic nitrogens is 3. The predicted octanol–water partition coefficient (Wildman–Crippen LogP) is 1.92. The van der Waals surface area contributed by atoms with Crippen molar-refractivity contribution in [2.24, 2.45) is 5.92 Å². The van der Waals surface area contributed by atoms with Crippen molar-refractivity contribution in [1.29, 1.82) is 0 Å². The Labute approximate surface area is 185 Å². The monoisotopic (exact) mass is 439 g/mol. The van der Waals surface area contributed by atoms with E-state index in [-0.39, 0.29) is 34.8 Å². The van der Waals surface area contributed by atoms with Crippen LogP contribution in [-0.2, 0) is 11.3 Å². The van der Waals surface area contributed by atoms with Crippen molar-refractivity contribution in [2.45, 2.75) is 70.5 Å². The number of aromatic hydroxyl groups is 1. The normalized spacial score (nSPS) is 19.5. The Bertz CT molecular complexity index is 1180. The van der Waals surface area contributed by atoms with Crippen molar-refractivity contribution in [1.82, 2.24) is 24.4 Å². The Hall–Kier alpha value is -3.10. The van der Waals surface area contributed by atoms with Crippen LogP contribution in [0.1, 0.15) is 68.3 Å². The van der Waals surface area contributed by atoms with Gasteiger partial charge in [-0.1, -0.05) is 13.8 Å². The lowest BCUT2D eigenvalue weighted by atomic mass is 10.2. The summed E-state index contributed by atoms with van der Waals surface area (Å²) in [6.07, 6.45) is 10.6. The van der Waals surface area contributed by atoms with Gasteiger partial charge in [-0.15, -0.1) is 0 Å². The van der Waals surface area contributed by atoms with Crippen LogP contribution in [0.5, 0.6) is 5.88 Å². The summed E-state index contributed by atoms with van der Waals surface area (Å²) >= 11 is 0. The first-order valence-corrected chi connectivity index (χ1v) is 11.4. The second-order valence-corrected chi connectivity index (χ2v) is 9.74. The molecule has 0 radical (unpaired) electrons. The molecule has 1 saturated heterocycles. The van der Waals surface area contributed by atoms with Gasteiger partial charge in [0.2, 0.25) is 11.8 Å². The number of carbonyl (C=O) groups excluding carboxylic acids is 2. The second kappa shape index (κ2) is 7.50. The lowest BCUT2D eigenvalue weighted by Crippen LogP contribution is -2.35. The molecule has 2 aromatic heterocycles. The minimum atomic E-state index is -0.668. The third-order valence-corrected chi connectivity index (χ3v) is 6.69. The van der Waals surface area contributed by atoms with Gasteiger partial charge in [0, 0.05) is 36.3 Å². The molecule has 9 nitrogen and oxygen atoms in total. The van der Waals surface area contributed by atoms with Gasteiger partial charge in [-0.05, 0) is 50.5 Å². The number of nitrogens with one attached hydrogen (secondary N) is 1. The fourth-order valence-electron chi connectivity index (χ4n) is 4.75. The van der Waals surface area contributed by atoms with Gasteiger partial charge in [-0.2, -0.15) is 9.61 Å². The average molecular weight is 440 g/mol. The van der Waals surface area contributed by atoms with E-state index in [1.807, 2.05) is 18.7 Å². The fourth-order valence-corrected chi connectivity index (χ4v) is 4.75. The summed E-state index contributed by atoms with van der Waals surface area (Å²) in [5.41, 5.74) is 0.00985. The largest absolute Gasteiger partial charge is 0.494 e. The van der Waals surface area contributed by atoms with Crippen LogP contribution in [0.15, 0.2) is 17.1 Å². The van der Waals surface area contributed by atoms with Crippen LogP contribution in [0.4, 0.5) is 0 Å². The topological polar surface area (TPSA) is 109 Å². The maximum atomic E-state index is 13.1. The highest BCUT2D eigenvalue weighted by Gasteiger charge is 2.52. The summed E-state index contributed by atoms with van der Waals surface area (Å²) in [6.45, 7) is 5.12. The molecule has 2 saturated carbocycles. The smallest absolute Gasteiger partial charge is 0.291 e. The molecule has 3 heterocycles. The SMILES string of the molecule is CC(C)Cn1c(O)c(C(=O)NC2CC2)c(=O)n2ncc(/C=C/C(=O)N3CCCC34CC4)c12. The number of amides is 2. The van der Waals surface area contributed by atoms with Gasteiger partial charge in [0.25, 0.3) is 11.5 Å². The molecule has 0 bridgehead atoms. The van der Waals surface area contributed by atoms with Crippen molar-refractivity contribution in [3.05, 3.63) is 33.8 Å². The lowest BCUT2D eigenvalue weighted by Gasteiger charge is -2.22. The van der Waals surface area contributed by atoms with E-state index in [9.17, 15) is 19.5 Å². The zero-order valence-electron chi connectivity index (χ0n) is 18.5. The quantitative estimate of drug-likeness (QED) is 0.669. The van der Waals surface area contributed by atoms with Crippen LogP contribution in [-0.4, -0.2) is 54.1 Å². The van der Waals surface area contributed by atoms with E-state index in [1.54, 1.807) is 10.6 Å².